The van der Waals surface area contributed by atoms with Gasteiger partial charge in [-0.2, -0.15) is 0 Å². The van der Waals surface area contributed by atoms with E-state index in [9.17, 15) is 4.39 Å². The molecule has 2 aliphatic carbocycles. The Morgan fingerprint density at radius 2 is 1.81 bits per heavy atom. The molecule has 2 aliphatic rings. The molecule has 0 heterocycles. The van der Waals surface area contributed by atoms with Gasteiger partial charge in [-0.3, -0.25) is 0 Å². The lowest BCUT2D eigenvalue weighted by molar-refractivity contribution is 0.294. The molecule has 3 heteroatoms. The fourth-order valence-corrected chi connectivity index (χ4v) is 3.91. The lowest BCUT2D eigenvalue weighted by atomic mass is 9.83. The lowest BCUT2D eigenvalue weighted by Crippen LogP contribution is -2.30. The summed E-state index contributed by atoms with van der Waals surface area (Å²) in [5, 5.41) is 3.69. The fourth-order valence-electron chi connectivity index (χ4n) is 3.57. The van der Waals surface area contributed by atoms with Gasteiger partial charge in [-0.1, -0.05) is 41.3 Å². The molecule has 0 bridgehead atoms. The summed E-state index contributed by atoms with van der Waals surface area (Å²) >= 11 is 3.34. The summed E-state index contributed by atoms with van der Waals surface area (Å²) in [5.41, 5.74) is 0.890. The van der Waals surface area contributed by atoms with Crippen molar-refractivity contribution >= 4 is 15.9 Å². The van der Waals surface area contributed by atoms with Crippen LogP contribution in [0.3, 0.4) is 0 Å². The number of hydrogen-bond acceptors (Lipinski definition) is 1. The van der Waals surface area contributed by atoms with Gasteiger partial charge in [0.15, 0.2) is 0 Å². The maximum atomic E-state index is 14.1. The smallest absolute Gasteiger partial charge is 0.127 e. The second kappa shape index (κ2) is 7.23. The van der Waals surface area contributed by atoms with Crippen molar-refractivity contribution in [1.29, 1.82) is 0 Å². The fraction of sp³-hybridized carbons (Fsp3) is 0.667. The van der Waals surface area contributed by atoms with E-state index < -0.39 is 0 Å². The molecular formula is C18H25BrFN. The first kappa shape index (κ1) is 15.5. The molecule has 116 valence electrons. The minimum absolute atomic E-state index is 0.0532. The zero-order valence-electron chi connectivity index (χ0n) is 12.6. The van der Waals surface area contributed by atoms with Gasteiger partial charge >= 0.3 is 0 Å². The molecular weight excluding hydrogens is 329 g/mol. The number of hydrogen-bond donors (Lipinski definition) is 1. The Bertz CT molecular complexity index is 472. The highest BCUT2D eigenvalue weighted by Gasteiger charge is 2.27. The predicted octanol–water partition coefficient (Wildman–Crippen LogP) is 5.08. The second-order valence-electron chi connectivity index (χ2n) is 6.78. The van der Waals surface area contributed by atoms with E-state index in [0.717, 1.165) is 35.0 Å². The van der Waals surface area contributed by atoms with E-state index in [1.165, 1.54) is 44.9 Å². The van der Waals surface area contributed by atoms with Crippen LogP contribution in [0.15, 0.2) is 22.7 Å². The van der Waals surface area contributed by atoms with Crippen LogP contribution in [-0.4, -0.2) is 12.6 Å². The first-order valence-electron chi connectivity index (χ1n) is 8.39. The molecule has 1 aromatic carbocycles. The molecule has 21 heavy (non-hydrogen) atoms. The highest BCUT2D eigenvalue weighted by Crippen LogP contribution is 2.33. The van der Waals surface area contributed by atoms with Crippen LogP contribution in [-0.2, 0) is 6.42 Å². The van der Waals surface area contributed by atoms with Crippen LogP contribution in [0.1, 0.15) is 50.5 Å². The molecule has 0 radical (unpaired) electrons. The molecule has 0 amide bonds. The van der Waals surface area contributed by atoms with Gasteiger partial charge in [0.25, 0.3) is 0 Å². The standard InChI is InChI=1S/C18H25BrFN/c19-16-7-6-14(18(20)11-16)10-13-4-2-1-3-5-15(13)12-21-17-8-9-17/h6-7,11,13,15,17,21H,1-5,8-10,12H2. The van der Waals surface area contributed by atoms with Gasteiger partial charge < -0.3 is 5.32 Å². The van der Waals surface area contributed by atoms with Crippen LogP contribution < -0.4 is 5.32 Å². The van der Waals surface area contributed by atoms with Crippen molar-refractivity contribution in [3.05, 3.63) is 34.1 Å². The van der Waals surface area contributed by atoms with Crippen molar-refractivity contribution in [1.82, 2.24) is 5.32 Å². The van der Waals surface area contributed by atoms with Crippen LogP contribution in [0.5, 0.6) is 0 Å². The Labute approximate surface area is 135 Å². The number of nitrogens with one attached hydrogen (secondary N) is 1. The van der Waals surface area contributed by atoms with Crippen molar-refractivity contribution in [2.75, 3.05) is 6.54 Å². The molecule has 2 saturated carbocycles. The Morgan fingerprint density at radius 3 is 2.52 bits per heavy atom. The first-order valence-corrected chi connectivity index (χ1v) is 9.19. The van der Waals surface area contributed by atoms with Crippen molar-refractivity contribution in [3.8, 4) is 0 Å². The molecule has 3 rings (SSSR count). The van der Waals surface area contributed by atoms with E-state index in [0.29, 0.717) is 5.92 Å². The minimum Gasteiger partial charge on any atom is -0.314 e. The molecule has 2 unspecified atom stereocenters. The highest BCUT2D eigenvalue weighted by atomic mass is 79.9. The summed E-state index contributed by atoms with van der Waals surface area (Å²) in [4.78, 5) is 0. The van der Waals surface area contributed by atoms with Gasteiger partial charge in [-0.15, -0.1) is 0 Å². The average molecular weight is 354 g/mol. The average Bonchev–Trinajstić information content (AvgIpc) is 3.27. The lowest BCUT2D eigenvalue weighted by Gasteiger charge is -2.26. The van der Waals surface area contributed by atoms with Crippen molar-refractivity contribution in [2.24, 2.45) is 11.8 Å². The third-order valence-electron chi connectivity index (χ3n) is 5.06. The van der Waals surface area contributed by atoms with E-state index in [2.05, 4.69) is 21.2 Å². The summed E-state index contributed by atoms with van der Waals surface area (Å²) in [6.07, 6.45) is 10.2. The molecule has 0 aromatic heterocycles. The van der Waals surface area contributed by atoms with Crippen LogP contribution in [0, 0.1) is 17.7 Å². The SMILES string of the molecule is Fc1cc(Br)ccc1CC1CCCCCC1CNC1CC1. The summed E-state index contributed by atoms with van der Waals surface area (Å²) in [6.45, 7) is 1.13. The van der Waals surface area contributed by atoms with E-state index in [1.54, 1.807) is 6.07 Å². The molecule has 2 atom stereocenters. The van der Waals surface area contributed by atoms with Gasteiger partial charge in [0.2, 0.25) is 0 Å². The van der Waals surface area contributed by atoms with Crippen LogP contribution in [0.2, 0.25) is 0 Å². The van der Waals surface area contributed by atoms with Crippen LogP contribution in [0.25, 0.3) is 0 Å². The largest absolute Gasteiger partial charge is 0.314 e. The quantitative estimate of drug-likeness (QED) is 0.727. The molecule has 1 N–H and O–H groups in total. The number of halogens is 2. The summed E-state index contributed by atoms with van der Waals surface area (Å²) < 4.78 is 14.9. The topological polar surface area (TPSA) is 12.0 Å². The van der Waals surface area contributed by atoms with Crippen molar-refractivity contribution in [3.63, 3.8) is 0 Å². The molecule has 0 aliphatic heterocycles. The van der Waals surface area contributed by atoms with Gasteiger partial charge in [0.1, 0.15) is 5.82 Å². The zero-order chi connectivity index (χ0) is 14.7. The van der Waals surface area contributed by atoms with Crippen LogP contribution >= 0.6 is 15.9 Å². The molecule has 0 spiro atoms. The Morgan fingerprint density at radius 1 is 1.05 bits per heavy atom. The normalized spacial score (nSPS) is 26.6. The van der Waals surface area contributed by atoms with E-state index in [4.69, 9.17) is 0 Å². The predicted molar refractivity (Wildman–Crippen MR) is 88.9 cm³/mol. The van der Waals surface area contributed by atoms with Gasteiger partial charge in [-0.25, -0.2) is 4.39 Å². The van der Waals surface area contributed by atoms with Gasteiger partial charge in [0, 0.05) is 10.5 Å². The molecule has 2 fully saturated rings. The Kier molecular flexibility index (Phi) is 5.33. The monoisotopic (exact) mass is 353 g/mol. The van der Waals surface area contributed by atoms with Crippen molar-refractivity contribution in [2.45, 2.75) is 57.4 Å². The van der Waals surface area contributed by atoms with E-state index >= 15 is 0 Å². The van der Waals surface area contributed by atoms with Crippen molar-refractivity contribution < 1.29 is 4.39 Å². The van der Waals surface area contributed by atoms with Crippen LogP contribution in [0.4, 0.5) is 4.39 Å². The third kappa shape index (κ3) is 4.53. The van der Waals surface area contributed by atoms with E-state index in [-0.39, 0.29) is 5.82 Å². The Balaban J connectivity index is 1.65. The Hall–Kier alpha value is -0.410. The number of rotatable bonds is 5. The van der Waals surface area contributed by atoms with Gasteiger partial charge in [0.05, 0.1) is 0 Å². The van der Waals surface area contributed by atoms with Gasteiger partial charge in [-0.05, 0) is 68.2 Å². The maximum Gasteiger partial charge on any atom is 0.127 e. The molecule has 0 saturated heterocycles. The highest BCUT2D eigenvalue weighted by molar-refractivity contribution is 9.10. The maximum absolute atomic E-state index is 14.1. The summed E-state index contributed by atoms with van der Waals surface area (Å²) in [6, 6.07) is 6.30. The second-order valence-corrected chi connectivity index (χ2v) is 7.70. The zero-order valence-corrected chi connectivity index (χ0v) is 14.2. The first-order chi connectivity index (χ1) is 10.2. The number of benzene rings is 1. The minimum atomic E-state index is -0.0532. The summed E-state index contributed by atoms with van der Waals surface area (Å²) in [7, 11) is 0. The van der Waals surface area contributed by atoms with E-state index in [1.807, 2.05) is 12.1 Å². The summed E-state index contributed by atoms with van der Waals surface area (Å²) in [5.74, 6) is 1.30. The molecule has 1 nitrogen and oxygen atoms in total. The third-order valence-corrected chi connectivity index (χ3v) is 5.55. The molecule has 1 aromatic rings.